The van der Waals surface area contributed by atoms with E-state index in [9.17, 15) is 9.18 Å². The maximum atomic E-state index is 14.2. The number of nitrogens with two attached hydrogens (primary N) is 1. The third-order valence-electron chi connectivity index (χ3n) is 3.82. The van der Waals surface area contributed by atoms with Crippen LogP contribution in [0.4, 0.5) is 9.18 Å². The molecule has 21 heavy (non-hydrogen) atoms. The summed E-state index contributed by atoms with van der Waals surface area (Å²) in [5.74, 6) is -0.335. The summed E-state index contributed by atoms with van der Waals surface area (Å²) in [6.07, 6.45) is 0.989. The molecule has 1 saturated heterocycles. The Morgan fingerprint density at radius 3 is 2.67 bits per heavy atom. The third-order valence-corrected chi connectivity index (χ3v) is 3.82. The third kappa shape index (κ3) is 3.02. The molecule has 2 N–H and O–H groups in total. The Bertz CT molecular complexity index is 527. The van der Waals surface area contributed by atoms with Crippen LogP contribution in [0.2, 0.25) is 0 Å². The molecule has 0 saturated carbocycles. The van der Waals surface area contributed by atoms with Gasteiger partial charge in [0.25, 0.3) is 0 Å². The number of halogens is 1. The predicted octanol–water partition coefficient (Wildman–Crippen LogP) is 3.01. The van der Waals surface area contributed by atoms with Gasteiger partial charge in [0.1, 0.15) is 11.4 Å². The first kappa shape index (κ1) is 15.8. The number of ether oxygens (including phenoxy) is 1. The summed E-state index contributed by atoms with van der Waals surface area (Å²) >= 11 is 0. The lowest BCUT2D eigenvalue weighted by Gasteiger charge is -2.38. The summed E-state index contributed by atoms with van der Waals surface area (Å²) in [6, 6.07) is 6.50. The van der Waals surface area contributed by atoms with Gasteiger partial charge in [-0.05, 0) is 39.7 Å². The smallest absolute Gasteiger partial charge is 0.411 e. The number of nitrogens with zero attached hydrogens (tertiary/aromatic N) is 1. The molecule has 1 amide bonds. The molecule has 0 radical (unpaired) electrons. The van der Waals surface area contributed by atoms with Gasteiger partial charge in [-0.25, -0.2) is 9.18 Å². The zero-order valence-corrected chi connectivity index (χ0v) is 12.9. The van der Waals surface area contributed by atoms with E-state index in [0.717, 1.165) is 6.42 Å². The second-order valence-electron chi connectivity index (χ2n) is 6.45. The highest BCUT2D eigenvalue weighted by molar-refractivity contribution is 5.70. The standard InChI is InChI=1S/C16H23FN2O2/c1-15(2,3)21-14(20)19-10-6-9-16(19,11-18)12-7-4-5-8-13(12)17/h4-5,7-8H,6,9-11,18H2,1-3H3. The number of hydrogen-bond acceptors (Lipinski definition) is 3. The summed E-state index contributed by atoms with van der Waals surface area (Å²) in [4.78, 5) is 14.0. The van der Waals surface area contributed by atoms with Gasteiger partial charge in [-0.2, -0.15) is 0 Å². The average molecular weight is 294 g/mol. The molecule has 1 aromatic rings. The predicted molar refractivity (Wildman–Crippen MR) is 79.3 cm³/mol. The monoisotopic (exact) mass is 294 g/mol. The van der Waals surface area contributed by atoms with Gasteiger partial charge >= 0.3 is 6.09 Å². The van der Waals surface area contributed by atoms with Crippen LogP contribution in [0, 0.1) is 5.82 Å². The van der Waals surface area contributed by atoms with Crippen molar-refractivity contribution in [3.05, 3.63) is 35.6 Å². The van der Waals surface area contributed by atoms with Gasteiger partial charge in [0, 0.05) is 18.7 Å². The Balaban J connectivity index is 2.38. The number of hydrogen-bond donors (Lipinski definition) is 1. The van der Waals surface area contributed by atoms with Gasteiger partial charge in [0.2, 0.25) is 0 Å². The molecule has 1 aliphatic rings. The fraction of sp³-hybridized carbons (Fsp3) is 0.562. The van der Waals surface area contributed by atoms with E-state index in [1.165, 1.54) is 6.07 Å². The van der Waals surface area contributed by atoms with Crippen LogP contribution in [0.25, 0.3) is 0 Å². The second-order valence-corrected chi connectivity index (χ2v) is 6.45. The number of carbonyl (C=O) groups excluding carboxylic acids is 1. The SMILES string of the molecule is CC(C)(C)OC(=O)N1CCCC1(CN)c1ccccc1F. The van der Waals surface area contributed by atoms with Crippen molar-refractivity contribution in [2.24, 2.45) is 5.73 Å². The van der Waals surface area contributed by atoms with Crippen molar-refractivity contribution in [2.45, 2.75) is 44.8 Å². The number of carbonyl (C=O) groups is 1. The van der Waals surface area contributed by atoms with E-state index in [2.05, 4.69) is 0 Å². The molecule has 0 spiro atoms. The lowest BCUT2D eigenvalue weighted by atomic mass is 9.87. The fourth-order valence-corrected chi connectivity index (χ4v) is 2.90. The topological polar surface area (TPSA) is 55.6 Å². The van der Waals surface area contributed by atoms with Crippen molar-refractivity contribution in [3.8, 4) is 0 Å². The van der Waals surface area contributed by atoms with Crippen LogP contribution in [0.15, 0.2) is 24.3 Å². The molecule has 5 heteroatoms. The van der Waals surface area contributed by atoms with Crippen LogP contribution < -0.4 is 5.73 Å². The Labute approximate surface area is 125 Å². The quantitative estimate of drug-likeness (QED) is 0.912. The molecule has 1 aromatic carbocycles. The normalized spacial score (nSPS) is 22.4. The number of benzene rings is 1. The lowest BCUT2D eigenvalue weighted by Crippen LogP contribution is -2.51. The first-order chi connectivity index (χ1) is 9.80. The molecular formula is C16H23FN2O2. The maximum absolute atomic E-state index is 14.2. The van der Waals surface area contributed by atoms with Gasteiger partial charge in [-0.1, -0.05) is 18.2 Å². The number of amides is 1. The molecule has 116 valence electrons. The number of rotatable bonds is 2. The molecule has 1 unspecified atom stereocenters. The molecule has 1 aliphatic heterocycles. The second kappa shape index (κ2) is 5.64. The first-order valence-corrected chi connectivity index (χ1v) is 7.26. The highest BCUT2D eigenvalue weighted by atomic mass is 19.1. The van der Waals surface area contributed by atoms with Crippen molar-refractivity contribution < 1.29 is 13.9 Å². The molecule has 0 bridgehead atoms. The van der Waals surface area contributed by atoms with E-state index in [0.29, 0.717) is 18.5 Å². The van der Waals surface area contributed by atoms with Gasteiger partial charge < -0.3 is 10.5 Å². The lowest BCUT2D eigenvalue weighted by molar-refractivity contribution is 0.00772. The van der Waals surface area contributed by atoms with Crippen molar-refractivity contribution in [1.82, 2.24) is 4.90 Å². The molecule has 2 rings (SSSR count). The van der Waals surface area contributed by atoms with Crippen molar-refractivity contribution in [2.75, 3.05) is 13.1 Å². The average Bonchev–Trinajstić information content (AvgIpc) is 2.82. The van der Waals surface area contributed by atoms with Gasteiger partial charge in [0.15, 0.2) is 0 Å². The van der Waals surface area contributed by atoms with E-state index >= 15 is 0 Å². The molecule has 1 fully saturated rings. The molecule has 1 heterocycles. The van der Waals surface area contributed by atoms with Crippen LogP contribution in [0.1, 0.15) is 39.2 Å². The summed E-state index contributed by atoms with van der Waals surface area (Å²) in [7, 11) is 0. The Kier molecular flexibility index (Phi) is 4.23. The minimum absolute atomic E-state index is 0.174. The highest BCUT2D eigenvalue weighted by Gasteiger charge is 2.46. The Morgan fingerprint density at radius 1 is 1.43 bits per heavy atom. The van der Waals surface area contributed by atoms with Gasteiger partial charge in [-0.15, -0.1) is 0 Å². The zero-order chi connectivity index (χ0) is 15.7. The summed E-state index contributed by atoms with van der Waals surface area (Å²) in [6.45, 7) is 6.14. The minimum atomic E-state index is -0.812. The summed E-state index contributed by atoms with van der Waals surface area (Å²) in [5.41, 5.74) is 5.01. The van der Waals surface area contributed by atoms with E-state index < -0.39 is 17.2 Å². The molecular weight excluding hydrogens is 271 g/mol. The van der Waals surface area contributed by atoms with Crippen LogP contribution >= 0.6 is 0 Å². The summed E-state index contributed by atoms with van der Waals surface area (Å²) in [5, 5.41) is 0. The molecule has 0 aliphatic carbocycles. The van der Waals surface area contributed by atoms with Gasteiger partial charge in [-0.3, -0.25) is 4.90 Å². The van der Waals surface area contributed by atoms with Crippen molar-refractivity contribution in [1.29, 1.82) is 0 Å². The van der Waals surface area contributed by atoms with Gasteiger partial charge in [0.05, 0.1) is 5.54 Å². The van der Waals surface area contributed by atoms with Crippen molar-refractivity contribution >= 4 is 6.09 Å². The van der Waals surface area contributed by atoms with E-state index in [1.807, 2.05) is 20.8 Å². The van der Waals surface area contributed by atoms with E-state index in [-0.39, 0.29) is 12.4 Å². The summed E-state index contributed by atoms with van der Waals surface area (Å²) < 4.78 is 19.7. The van der Waals surface area contributed by atoms with Crippen LogP contribution in [-0.4, -0.2) is 29.7 Å². The highest BCUT2D eigenvalue weighted by Crippen LogP contribution is 2.40. The van der Waals surface area contributed by atoms with E-state index in [1.54, 1.807) is 23.1 Å². The van der Waals surface area contributed by atoms with Crippen LogP contribution in [0.3, 0.4) is 0 Å². The minimum Gasteiger partial charge on any atom is -0.444 e. The molecule has 0 aromatic heterocycles. The number of likely N-dealkylation sites (tertiary alicyclic amines) is 1. The molecule has 4 nitrogen and oxygen atoms in total. The van der Waals surface area contributed by atoms with E-state index in [4.69, 9.17) is 10.5 Å². The Morgan fingerprint density at radius 2 is 2.10 bits per heavy atom. The fourth-order valence-electron chi connectivity index (χ4n) is 2.90. The largest absolute Gasteiger partial charge is 0.444 e. The maximum Gasteiger partial charge on any atom is 0.411 e. The van der Waals surface area contributed by atoms with Crippen molar-refractivity contribution in [3.63, 3.8) is 0 Å². The first-order valence-electron chi connectivity index (χ1n) is 7.26. The van der Waals surface area contributed by atoms with Crippen LogP contribution in [0.5, 0.6) is 0 Å². The Hall–Kier alpha value is -1.62. The molecule has 1 atom stereocenters. The zero-order valence-electron chi connectivity index (χ0n) is 12.9. The van der Waals surface area contributed by atoms with Crippen LogP contribution in [-0.2, 0) is 10.3 Å².